The molecule has 0 N–H and O–H groups in total. The predicted octanol–water partition coefficient (Wildman–Crippen LogP) is 5.44. The van der Waals surface area contributed by atoms with E-state index in [4.69, 9.17) is 4.74 Å². The second-order valence-corrected chi connectivity index (χ2v) is 6.84. The molecule has 0 unspecified atom stereocenters. The Morgan fingerprint density at radius 2 is 1.52 bits per heavy atom. The second-order valence-electron chi connectivity index (χ2n) is 6.84. The Labute approximate surface area is 159 Å². The van der Waals surface area contributed by atoms with Gasteiger partial charge in [-0.25, -0.2) is 4.79 Å². The van der Waals surface area contributed by atoms with E-state index in [0.29, 0.717) is 12.3 Å². The Kier molecular flexibility index (Phi) is 10.00. The monoisotopic (exact) mass is 380 g/mol. The van der Waals surface area contributed by atoms with Crippen molar-refractivity contribution in [2.75, 3.05) is 6.61 Å². The van der Waals surface area contributed by atoms with Crippen LogP contribution in [-0.2, 0) is 4.74 Å². The maximum Gasteiger partial charge on any atom is 0.338 e. The first kappa shape index (κ1) is 22.5. The van der Waals surface area contributed by atoms with Gasteiger partial charge in [-0.05, 0) is 12.3 Å². The fourth-order valence-corrected chi connectivity index (χ4v) is 2.78. The molecule has 0 radical (unpaired) electrons. The smallest absolute Gasteiger partial charge is 0.338 e. The van der Waals surface area contributed by atoms with Crippen LogP contribution in [0, 0.1) is 26.1 Å². The minimum atomic E-state index is -0.784. The highest BCUT2D eigenvalue weighted by molar-refractivity contribution is 5.91. The number of carbonyl (C=O) groups is 1. The van der Waals surface area contributed by atoms with Crippen molar-refractivity contribution in [3.05, 3.63) is 44.0 Å². The van der Waals surface area contributed by atoms with E-state index in [1.807, 2.05) is 0 Å². The van der Waals surface area contributed by atoms with Gasteiger partial charge in [0.05, 0.1) is 28.1 Å². The van der Waals surface area contributed by atoms with Gasteiger partial charge < -0.3 is 4.74 Å². The minimum Gasteiger partial charge on any atom is -0.462 e. The highest BCUT2D eigenvalue weighted by Crippen LogP contribution is 2.23. The highest BCUT2D eigenvalue weighted by Gasteiger charge is 2.20. The summed E-state index contributed by atoms with van der Waals surface area (Å²) in [5.41, 5.74) is -1.19. The standard InChI is InChI=1S/C19H28N2O6/c1-3-4-5-6-7-8-9-15(2)10-11-27-19(22)16-12-17(20(23)24)14-18(13-16)21(25)26/h12-15H,3-11H2,1-2H3/t15-/m1/s1. The molecule has 27 heavy (non-hydrogen) atoms. The molecule has 0 saturated carbocycles. The molecular weight excluding hydrogens is 352 g/mol. The third-order valence-corrected chi connectivity index (χ3v) is 4.45. The van der Waals surface area contributed by atoms with Crippen LogP contribution >= 0.6 is 0 Å². The van der Waals surface area contributed by atoms with E-state index < -0.39 is 27.2 Å². The molecule has 1 aromatic carbocycles. The summed E-state index contributed by atoms with van der Waals surface area (Å²) in [5, 5.41) is 21.7. The summed E-state index contributed by atoms with van der Waals surface area (Å²) in [6.45, 7) is 4.47. The lowest BCUT2D eigenvalue weighted by atomic mass is 9.99. The van der Waals surface area contributed by atoms with Crippen molar-refractivity contribution in [3.8, 4) is 0 Å². The summed E-state index contributed by atoms with van der Waals surface area (Å²) in [7, 11) is 0. The lowest BCUT2D eigenvalue weighted by Crippen LogP contribution is -2.10. The average Bonchev–Trinajstić information content (AvgIpc) is 2.63. The van der Waals surface area contributed by atoms with E-state index in [1.54, 1.807) is 0 Å². The SMILES string of the molecule is CCCCCCCC[C@@H](C)CCOC(=O)c1cc([N+](=O)[O-])cc([N+](=O)[O-])c1. The Hall–Kier alpha value is -2.51. The molecule has 1 atom stereocenters. The van der Waals surface area contributed by atoms with Crippen molar-refractivity contribution >= 4 is 17.3 Å². The number of esters is 1. The zero-order chi connectivity index (χ0) is 20.2. The molecule has 0 fully saturated rings. The molecule has 0 aromatic heterocycles. The summed E-state index contributed by atoms with van der Waals surface area (Å²) < 4.78 is 5.14. The number of hydrogen-bond acceptors (Lipinski definition) is 6. The molecule has 0 bridgehead atoms. The van der Waals surface area contributed by atoms with Crippen molar-refractivity contribution in [2.24, 2.45) is 5.92 Å². The number of non-ortho nitro benzene ring substituents is 2. The summed E-state index contributed by atoms with van der Waals surface area (Å²) in [6, 6.07) is 2.81. The summed E-state index contributed by atoms with van der Waals surface area (Å²) in [5.74, 6) is -0.378. The van der Waals surface area contributed by atoms with Gasteiger partial charge in [0.1, 0.15) is 0 Å². The Balaban J connectivity index is 2.44. The van der Waals surface area contributed by atoms with Crippen LogP contribution in [0.15, 0.2) is 18.2 Å². The number of nitro benzene ring substituents is 2. The average molecular weight is 380 g/mol. The molecule has 0 aliphatic carbocycles. The van der Waals surface area contributed by atoms with Crippen LogP contribution < -0.4 is 0 Å². The van der Waals surface area contributed by atoms with E-state index in [9.17, 15) is 25.0 Å². The molecule has 0 saturated heterocycles. The van der Waals surface area contributed by atoms with E-state index in [-0.39, 0.29) is 12.2 Å². The maximum atomic E-state index is 12.1. The van der Waals surface area contributed by atoms with Crippen LogP contribution in [0.2, 0.25) is 0 Å². The molecule has 0 heterocycles. The minimum absolute atomic E-state index is 0.181. The lowest BCUT2D eigenvalue weighted by molar-refractivity contribution is -0.394. The molecule has 1 rings (SSSR count). The third-order valence-electron chi connectivity index (χ3n) is 4.45. The zero-order valence-electron chi connectivity index (χ0n) is 16.0. The summed E-state index contributed by atoms with van der Waals surface area (Å²) in [6.07, 6.45) is 9.15. The number of carbonyl (C=O) groups excluding carboxylic acids is 1. The van der Waals surface area contributed by atoms with Crippen LogP contribution in [0.25, 0.3) is 0 Å². The first-order chi connectivity index (χ1) is 12.8. The Morgan fingerprint density at radius 3 is 2.07 bits per heavy atom. The van der Waals surface area contributed by atoms with Crippen LogP contribution in [0.3, 0.4) is 0 Å². The van der Waals surface area contributed by atoms with Gasteiger partial charge in [-0.15, -0.1) is 0 Å². The van der Waals surface area contributed by atoms with Crippen LogP contribution in [0.1, 0.15) is 75.6 Å². The molecule has 0 amide bonds. The molecule has 8 nitrogen and oxygen atoms in total. The van der Waals surface area contributed by atoms with E-state index in [1.165, 1.54) is 32.1 Å². The molecular formula is C19H28N2O6. The molecule has 0 aliphatic rings. The van der Waals surface area contributed by atoms with Gasteiger partial charge in [-0.2, -0.15) is 0 Å². The number of nitrogens with zero attached hydrogens (tertiary/aromatic N) is 2. The normalized spacial score (nSPS) is 11.8. The first-order valence-corrected chi connectivity index (χ1v) is 9.46. The quantitative estimate of drug-likeness (QED) is 0.195. The van der Waals surface area contributed by atoms with Crippen LogP contribution in [0.4, 0.5) is 11.4 Å². The van der Waals surface area contributed by atoms with Crippen molar-refractivity contribution in [1.29, 1.82) is 0 Å². The van der Waals surface area contributed by atoms with Crippen molar-refractivity contribution in [1.82, 2.24) is 0 Å². The summed E-state index contributed by atoms with van der Waals surface area (Å²) in [4.78, 5) is 32.3. The first-order valence-electron chi connectivity index (χ1n) is 9.46. The van der Waals surface area contributed by atoms with Crippen molar-refractivity contribution in [3.63, 3.8) is 0 Å². The second kappa shape index (κ2) is 12.0. The predicted molar refractivity (Wildman–Crippen MR) is 102 cm³/mol. The lowest BCUT2D eigenvalue weighted by Gasteiger charge is -2.11. The van der Waals surface area contributed by atoms with Gasteiger partial charge in [0.25, 0.3) is 11.4 Å². The van der Waals surface area contributed by atoms with Gasteiger partial charge in [0, 0.05) is 12.1 Å². The fraction of sp³-hybridized carbons (Fsp3) is 0.632. The molecule has 150 valence electrons. The van der Waals surface area contributed by atoms with Crippen molar-refractivity contribution in [2.45, 2.75) is 65.2 Å². The highest BCUT2D eigenvalue weighted by atomic mass is 16.6. The molecule has 1 aromatic rings. The van der Waals surface area contributed by atoms with Gasteiger partial charge in [0.15, 0.2) is 0 Å². The Bertz CT molecular complexity index is 615. The molecule has 0 aliphatic heterocycles. The fourth-order valence-electron chi connectivity index (χ4n) is 2.78. The Morgan fingerprint density at radius 1 is 0.963 bits per heavy atom. The van der Waals surface area contributed by atoms with E-state index in [0.717, 1.165) is 31.0 Å². The number of hydrogen-bond donors (Lipinski definition) is 0. The van der Waals surface area contributed by atoms with Gasteiger partial charge in [-0.3, -0.25) is 20.2 Å². The summed E-state index contributed by atoms with van der Waals surface area (Å²) >= 11 is 0. The van der Waals surface area contributed by atoms with Crippen molar-refractivity contribution < 1.29 is 19.4 Å². The number of rotatable bonds is 13. The van der Waals surface area contributed by atoms with E-state index in [2.05, 4.69) is 13.8 Å². The largest absolute Gasteiger partial charge is 0.462 e. The number of benzene rings is 1. The van der Waals surface area contributed by atoms with Crippen LogP contribution in [0.5, 0.6) is 0 Å². The maximum absolute atomic E-state index is 12.1. The van der Waals surface area contributed by atoms with Gasteiger partial charge in [-0.1, -0.05) is 58.8 Å². The van der Waals surface area contributed by atoms with E-state index >= 15 is 0 Å². The molecule has 0 spiro atoms. The zero-order valence-corrected chi connectivity index (χ0v) is 16.0. The van der Waals surface area contributed by atoms with Gasteiger partial charge in [0.2, 0.25) is 0 Å². The number of ether oxygens (including phenoxy) is 1. The van der Waals surface area contributed by atoms with Gasteiger partial charge >= 0.3 is 5.97 Å². The number of unbranched alkanes of at least 4 members (excludes halogenated alkanes) is 5. The third kappa shape index (κ3) is 8.61. The van der Waals surface area contributed by atoms with Crippen LogP contribution in [-0.4, -0.2) is 22.4 Å². The molecule has 8 heteroatoms. The number of nitro groups is 2. The topological polar surface area (TPSA) is 113 Å².